The summed E-state index contributed by atoms with van der Waals surface area (Å²) in [7, 11) is 0. The van der Waals surface area contributed by atoms with E-state index in [0.717, 1.165) is 46.5 Å². The van der Waals surface area contributed by atoms with Gasteiger partial charge >= 0.3 is 354 Å². The summed E-state index contributed by atoms with van der Waals surface area (Å²) in [5.41, 5.74) is 3.76. The summed E-state index contributed by atoms with van der Waals surface area (Å²) in [5, 5.41) is 5.20. The van der Waals surface area contributed by atoms with E-state index >= 15 is 0 Å². The molecule has 10 aromatic rings. The molecule has 0 aliphatic carbocycles. The molecule has 0 bridgehead atoms. The maximum atomic E-state index is 13.0. The van der Waals surface area contributed by atoms with E-state index < -0.39 is 23.5 Å². The van der Waals surface area contributed by atoms with E-state index in [4.69, 9.17) is 0 Å². The van der Waals surface area contributed by atoms with Crippen molar-refractivity contribution in [3.05, 3.63) is 166 Å². The molecule has 0 aliphatic rings. The molecule has 0 atom stereocenters. The van der Waals surface area contributed by atoms with Crippen molar-refractivity contribution >= 4 is 126 Å². The topological polar surface area (TPSA) is 0 Å². The third-order valence-corrected chi connectivity index (χ3v) is 21.2. The summed E-state index contributed by atoms with van der Waals surface area (Å²) in [6.45, 7) is 0. The minimum absolute atomic E-state index is 0.187. The normalized spacial score (nSPS) is 12.3. The summed E-state index contributed by atoms with van der Waals surface area (Å²) in [6, 6.07) is 36.1. The van der Waals surface area contributed by atoms with Gasteiger partial charge in [-0.2, -0.15) is 0 Å². The van der Waals surface area contributed by atoms with Crippen LogP contribution in [0.1, 0.15) is 44.5 Å². The van der Waals surface area contributed by atoms with Crippen LogP contribution < -0.4 is 0 Å². The first-order valence-electron chi connectivity index (χ1n) is 17.8. The molecule has 6 aromatic carbocycles. The Kier molecular flexibility index (Phi) is 9.43. The molecule has 0 spiro atoms. The molecule has 4 heterocycles. The van der Waals surface area contributed by atoms with Crippen LogP contribution in [-0.4, -0.2) is 58.0 Å². The Morgan fingerprint density at radius 1 is 0.345 bits per heavy atom. The van der Waals surface area contributed by atoms with Crippen LogP contribution in [-0.2, 0) is 12.4 Å². The van der Waals surface area contributed by atoms with Gasteiger partial charge in [0.25, 0.3) is 0 Å². The molecular formula is C48H22F6Se4. The van der Waals surface area contributed by atoms with Gasteiger partial charge in [0.05, 0.1) is 0 Å². The average molecular weight is 1030 g/mol. The molecule has 280 valence electrons. The fourth-order valence-corrected chi connectivity index (χ4v) is 19.3. The van der Waals surface area contributed by atoms with E-state index in [9.17, 15) is 26.3 Å². The molecule has 0 saturated carbocycles. The molecule has 0 saturated heterocycles. The van der Waals surface area contributed by atoms with E-state index in [1.165, 1.54) is 79.9 Å². The summed E-state index contributed by atoms with van der Waals surface area (Å²) in [4.78, 5) is 0. The van der Waals surface area contributed by atoms with E-state index in [1.54, 1.807) is 0 Å². The van der Waals surface area contributed by atoms with E-state index in [-0.39, 0.29) is 58.0 Å². The van der Waals surface area contributed by atoms with Crippen molar-refractivity contribution in [2.45, 2.75) is 12.4 Å². The van der Waals surface area contributed by atoms with Gasteiger partial charge in [0.15, 0.2) is 0 Å². The van der Waals surface area contributed by atoms with Crippen LogP contribution in [0.2, 0.25) is 0 Å². The van der Waals surface area contributed by atoms with Gasteiger partial charge in [0, 0.05) is 0 Å². The van der Waals surface area contributed by atoms with Crippen molar-refractivity contribution in [3.63, 3.8) is 0 Å². The Morgan fingerprint density at radius 3 is 0.983 bits per heavy atom. The van der Waals surface area contributed by atoms with Crippen LogP contribution in [0.25, 0.3) is 67.8 Å². The third-order valence-electron chi connectivity index (χ3n) is 9.80. The van der Waals surface area contributed by atoms with Gasteiger partial charge in [-0.15, -0.1) is 0 Å². The van der Waals surface area contributed by atoms with Crippen LogP contribution in [0.4, 0.5) is 26.3 Å². The second-order valence-corrected chi connectivity index (χ2v) is 22.5. The number of halogens is 6. The Morgan fingerprint density at radius 2 is 0.638 bits per heavy atom. The first-order chi connectivity index (χ1) is 27.9. The summed E-state index contributed by atoms with van der Waals surface area (Å²) in [6.07, 6.45) is -4.34. The first-order valence-corrected chi connectivity index (χ1v) is 24.6. The zero-order valence-electron chi connectivity index (χ0n) is 29.6. The number of fused-ring (bicyclic) bond motifs is 10. The predicted octanol–water partition coefficient (Wildman–Crippen LogP) is 11.8. The SMILES string of the molecule is FC(F)(F)c1ccc(C#Cc2ccc3[se]c4c5cc(/C=C/c6ccc7[se]c8c9cc(C#Cc%10ccc(C(F)(F)F)cc%10)ccc9[se]c8c7c6)ccc5[se]c4c3c2)cc1. The Bertz CT molecular complexity index is 3190. The minimum atomic E-state index is -4.37. The fraction of sp³-hybridized carbons (Fsp3) is 0.0417. The van der Waals surface area contributed by atoms with Crippen molar-refractivity contribution in [2.24, 2.45) is 0 Å². The van der Waals surface area contributed by atoms with Crippen molar-refractivity contribution in [1.82, 2.24) is 0 Å². The van der Waals surface area contributed by atoms with Crippen LogP contribution in [0, 0.1) is 23.7 Å². The standard InChI is InChI=1S/C48H22F6Se4/c49-47(50,51)33-15-7-27(8-16-33)1-3-29-11-19-39-35(23-29)43-45(55-39)37-25-31(13-21-41(37)57-43)5-6-32-14-22-42-38(26-32)46-44(58-42)36-24-30(12-20-40(36)56-46)4-2-28-9-17-34(18-10-28)48(52,53)54/h5-26H/b6-5+. The van der Waals surface area contributed by atoms with Gasteiger partial charge in [-0.25, -0.2) is 0 Å². The summed E-state index contributed by atoms with van der Waals surface area (Å²) >= 11 is 0.748. The number of rotatable bonds is 2. The molecular weight excluding hydrogens is 1010 g/mol. The quantitative estimate of drug-likeness (QED) is 0.0701. The summed E-state index contributed by atoms with van der Waals surface area (Å²) in [5.74, 6) is 12.4. The first kappa shape index (κ1) is 37.6. The second-order valence-electron chi connectivity index (χ2n) is 13.6. The van der Waals surface area contributed by atoms with Crippen molar-refractivity contribution in [3.8, 4) is 23.7 Å². The number of alkyl halides is 6. The zero-order chi connectivity index (χ0) is 39.8. The fourth-order valence-electron chi connectivity index (χ4n) is 6.88. The Labute approximate surface area is 351 Å². The van der Waals surface area contributed by atoms with Crippen LogP contribution >= 0.6 is 0 Å². The third kappa shape index (κ3) is 7.20. The van der Waals surface area contributed by atoms with Crippen molar-refractivity contribution < 1.29 is 26.3 Å². The van der Waals surface area contributed by atoms with Gasteiger partial charge in [0.1, 0.15) is 0 Å². The van der Waals surface area contributed by atoms with Gasteiger partial charge in [-0.3, -0.25) is 0 Å². The predicted molar refractivity (Wildman–Crippen MR) is 229 cm³/mol. The van der Waals surface area contributed by atoms with Crippen LogP contribution in [0.5, 0.6) is 0 Å². The molecule has 10 rings (SSSR count). The molecule has 58 heavy (non-hydrogen) atoms. The van der Waals surface area contributed by atoms with Crippen molar-refractivity contribution in [1.29, 1.82) is 0 Å². The van der Waals surface area contributed by atoms with E-state index in [2.05, 4.69) is 96.5 Å². The monoisotopic (exact) mass is 1030 g/mol. The van der Waals surface area contributed by atoms with Gasteiger partial charge in [-0.1, -0.05) is 0 Å². The zero-order valence-corrected chi connectivity index (χ0v) is 36.5. The molecule has 0 amide bonds. The summed E-state index contributed by atoms with van der Waals surface area (Å²) < 4.78 is 89.0. The van der Waals surface area contributed by atoms with E-state index in [1.807, 2.05) is 12.1 Å². The maximum absolute atomic E-state index is 13.0. The molecule has 10 heteroatoms. The van der Waals surface area contributed by atoms with Crippen molar-refractivity contribution in [2.75, 3.05) is 0 Å². The number of benzene rings is 6. The van der Waals surface area contributed by atoms with Gasteiger partial charge < -0.3 is 0 Å². The van der Waals surface area contributed by atoms with Crippen LogP contribution in [0.15, 0.2) is 121 Å². The average Bonchev–Trinajstić information content (AvgIpc) is 3.96. The van der Waals surface area contributed by atoms with E-state index in [0.29, 0.717) is 11.1 Å². The molecule has 0 nitrogen and oxygen atoms in total. The van der Waals surface area contributed by atoms with Gasteiger partial charge in [-0.05, 0) is 0 Å². The Hall–Kier alpha value is -4.68. The number of hydrogen-bond donors (Lipinski definition) is 0. The molecule has 0 unspecified atom stereocenters. The molecule has 4 aromatic heterocycles. The molecule has 0 N–H and O–H groups in total. The molecule has 0 radical (unpaired) electrons. The van der Waals surface area contributed by atoms with Crippen LogP contribution in [0.3, 0.4) is 0 Å². The molecule has 0 fully saturated rings. The second kappa shape index (κ2) is 14.5. The number of hydrogen-bond acceptors (Lipinski definition) is 0. The van der Waals surface area contributed by atoms with Gasteiger partial charge in [0.2, 0.25) is 0 Å². The molecule has 0 aliphatic heterocycles. The Balaban J connectivity index is 0.911.